The van der Waals surface area contributed by atoms with Crippen LogP contribution in [-0.4, -0.2) is 22.6 Å². The molecule has 0 saturated carbocycles. The summed E-state index contributed by atoms with van der Waals surface area (Å²) in [5.74, 6) is 0.810. The van der Waals surface area contributed by atoms with Gasteiger partial charge in [0, 0.05) is 25.4 Å². The molecule has 4 heteroatoms. The Hall–Kier alpha value is -1.55. The molecule has 0 bridgehead atoms. The van der Waals surface area contributed by atoms with Crippen LogP contribution >= 0.6 is 0 Å². The van der Waals surface area contributed by atoms with Gasteiger partial charge in [-0.25, -0.2) is 0 Å². The van der Waals surface area contributed by atoms with Crippen molar-refractivity contribution < 1.29 is 0 Å². The lowest BCUT2D eigenvalue weighted by Gasteiger charge is -2.30. The Kier molecular flexibility index (Phi) is 1.52. The van der Waals surface area contributed by atoms with Crippen LogP contribution in [0.5, 0.6) is 0 Å². The number of hydrogen-bond donors (Lipinski definition) is 2. The minimum Gasteiger partial charge on any atom is -0.385 e. The molecule has 0 atom stereocenters. The zero-order chi connectivity index (χ0) is 9.54. The number of nitrogens with zero attached hydrogens (tertiary/aromatic N) is 2. The number of nitrogen functional groups attached to an aromatic ring is 1. The molecular formula is C10H12N4. The van der Waals surface area contributed by atoms with Crippen molar-refractivity contribution in [2.75, 3.05) is 18.8 Å². The van der Waals surface area contributed by atoms with Gasteiger partial charge in [0.15, 0.2) is 0 Å². The number of nitrogens with two attached hydrogens (primary N) is 1. The molecule has 4 nitrogen and oxygen atoms in total. The third-order valence-electron chi connectivity index (χ3n) is 2.76. The number of fused-ring (bicyclic) bond motifs is 1. The minimum absolute atomic E-state index is 0.497. The lowest BCUT2D eigenvalue weighted by molar-refractivity contribution is 0.355. The van der Waals surface area contributed by atoms with E-state index in [4.69, 9.17) is 5.73 Å². The molecule has 0 unspecified atom stereocenters. The number of aromatic nitrogens is 2. The van der Waals surface area contributed by atoms with E-state index in [1.165, 1.54) is 0 Å². The van der Waals surface area contributed by atoms with Crippen LogP contribution in [-0.2, 0) is 0 Å². The van der Waals surface area contributed by atoms with Crippen LogP contribution < -0.4 is 11.1 Å². The third kappa shape index (κ3) is 0.943. The molecule has 2 aromatic heterocycles. The molecule has 1 aliphatic heterocycles. The quantitative estimate of drug-likeness (QED) is 0.694. The summed E-state index contributed by atoms with van der Waals surface area (Å²) in [5.41, 5.74) is 8.08. The molecule has 3 N–H and O–H groups in total. The third-order valence-corrected chi connectivity index (χ3v) is 2.76. The Morgan fingerprint density at radius 2 is 2.36 bits per heavy atom. The summed E-state index contributed by atoms with van der Waals surface area (Å²) in [4.78, 5) is 4.28. The van der Waals surface area contributed by atoms with E-state index in [1.54, 1.807) is 6.20 Å². The highest BCUT2D eigenvalue weighted by Crippen LogP contribution is 2.25. The van der Waals surface area contributed by atoms with Crippen LogP contribution in [0.15, 0.2) is 24.4 Å². The Morgan fingerprint density at radius 3 is 3.07 bits per heavy atom. The van der Waals surface area contributed by atoms with Gasteiger partial charge in [-0.05, 0) is 12.1 Å². The van der Waals surface area contributed by atoms with Crippen molar-refractivity contribution >= 4 is 16.9 Å². The fourth-order valence-corrected chi connectivity index (χ4v) is 1.94. The molecule has 0 spiro atoms. The molecule has 3 heterocycles. The number of hydrogen-bond acceptors (Lipinski definition) is 3. The van der Waals surface area contributed by atoms with Gasteiger partial charge < -0.3 is 15.6 Å². The average Bonchev–Trinajstić information content (AvgIpc) is 2.41. The van der Waals surface area contributed by atoms with Gasteiger partial charge in [-0.15, -0.1) is 0 Å². The highest BCUT2D eigenvalue weighted by atomic mass is 15.2. The summed E-state index contributed by atoms with van der Waals surface area (Å²) < 4.78 is 2.17. The van der Waals surface area contributed by atoms with E-state index >= 15 is 0 Å². The van der Waals surface area contributed by atoms with Crippen molar-refractivity contribution in [3.8, 4) is 0 Å². The summed E-state index contributed by atoms with van der Waals surface area (Å²) in [5, 5.41) is 3.24. The van der Waals surface area contributed by atoms with E-state index in [-0.39, 0.29) is 0 Å². The first kappa shape index (κ1) is 7.82. The molecule has 1 aliphatic rings. The summed E-state index contributed by atoms with van der Waals surface area (Å²) in [7, 11) is 0. The number of pyridine rings is 1. The molecular weight excluding hydrogens is 176 g/mol. The smallest absolute Gasteiger partial charge is 0.106 e. The standard InChI is InChI=1S/C10H12N4/c11-10-4-8-9(2-1-3-13-8)14(10)7-5-12-6-7/h1-4,7,12H,5-6,11H2. The number of nitrogens with one attached hydrogen (secondary N) is 1. The van der Waals surface area contributed by atoms with Gasteiger partial charge in [0.2, 0.25) is 0 Å². The molecule has 72 valence electrons. The SMILES string of the molecule is Nc1cc2ncccc2n1C1CNC1. The minimum atomic E-state index is 0.497. The van der Waals surface area contributed by atoms with Gasteiger partial charge >= 0.3 is 0 Å². The van der Waals surface area contributed by atoms with Crippen LogP contribution in [0.4, 0.5) is 5.82 Å². The van der Waals surface area contributed by atoms with Crippen molar-refractivity contribution in [3.05, 3.63) is 24.4 Å². The lowest BCUT2D eigenvalue weighted by atomic mass is 10.2. The second-order valence-electron chi connectivity index (χ2n) is 3.66. The van der Waals surface area contributed by atoms with Gasteiger partial charge in [-0.2, -0.15) is 0 Å². The zero-order valence-corrected chi connectivity index (χ0v) is 7.77. The van der Waals surface area contributed by atoms with Gasteiger partial charge in [-0.3, -0.25) is 4.98 Å². The Balaban J connectivity index is 2.24. The monoisotopic (exact) mass is 188 g/mol. The maximum absolute atomic E-state index is 5.96. The Morgan fingerprint density at radius 1 is 1.50 bits per heavy atom. The van der Waals surface area contributed by atoms with Crippen LogP contribution in [0.25, 0.3) is 11.0 Å². The second kappa shape index (κ2) is 2.72. The molecule has 0 amide bonds. The first-order chi connectivity index (χ1) is 6.86. The lowest BCUT2D eigenvalue weighted by Crippen LogP contribution is -2.43. The van der Waals surface area contributed by atoms with Crippen molar-refractivity contribution in [1.29, 1.82) is 0 Å². The second-order valence-corrected chi connectivity index (χ2v) is 3.66. The van der Waals surface area contributed by atoms with E-state index in [0.717, 1.165) is 29.9 Å². The van der Waals surface area contributed by atoms with Crippen molar-refractivity contribution in [2.45, 2.75) is 6.04 Å². The van der Waals surface area contributed by atoms with Crippen molar-refractivity contribution in [1.82, 2.24) is 14.9 Å². The predicted octanol–water partition coefficient (Wildman–Crippen LogP) is 0.763. The summed E-state index contributed by atoms with van der Waals surface area (Å²) in [6.45, 7) is 2.01. The topological polar surface area (TPSA) is 55.9 Å². The molecule has 14 heavy (non-hydrogen) atoms. The van der Waals surface area contributed by atoms with Crippen LogP contribution in [0.2, 0.25) is 0 Å². The highest BCUT2D eigenvalue weighted by Gasteiger charge is 2.22. The van der Waals surface area contributed by atoms with E-state index in [1.807, 2.05) is 12.1 Å². The highest BCUT2D eigenvalue weighted by molar-refractivity contribution is 5.80. The predicted molar refractivity (Wildman–Crippen MR) is 56.1 cm³/mol. The fourth-order valence-electron chi connectivity index (χ4n) is 1.94. The largest absolute Gasteiger partial charge is 0.385 e. The molecule has 0 aromatic carbocycles. The van der Waals surface area contributed by atoms with E-state index in [2.05, 4.69) is 20.9 Å². The Bertz CT molecular complexity index is 470. The number of rotatable bonds is 1. The maximum atomic E-state index is 5.96. The van der Waals surface area contributed by atoms with Gasteiger partial charge in [0.1, 0.15) is 5.82 Å². The van der Waals surface area contributed by atoms with Crippen LogP contribution in [0.3, 0.4) is 0 Å². The zero-order valence-electron chi connectivity index (χ0n) is 7.77. The summed E-state index contributed by atoms with van der Waals surface area (Å²) >= 11 is 0. The molecule has 0 aliphatic carbocycles. The van der Waals surface area contributed by atoms with E-state index < -0.39 is 0 Å². The Labute approximate surface area is 81.7 Å². The molecule has 0 radical (unpaired) electrons. The van der Waals surface area contributed by atoms with E-state index in [9.17, 15) is 0 Å². The fraction of sp³-hybridized carbons (Fsp3) is 0.300. The van der Waals surface area contributed by atoms with Gasteiger partial charge in [-0.1, -0.05) is 0 Å². The first-order valence-electron chi connectivity index (χ1n) is 4.78. The average molecular weight is 188 g/mol. The maximum Gasteiger partial charge on any atom is 0.106 e. The van der Waals surface area contributed by atoms with Crippen LogP contribution in [0, 0.1) is 0 Å². The molecule has 1 fully saturated rings. The van der Waals surface area contributed by atoms with Crippen LogP contribution in [0.1, 0.15) is 6.04 Å². The number of anilines is 1. The van der Waals surface area contributed by atoms with Gasteiger partial charge in [0.05, 0.1) is 17.1 Å². The first-order valence-corrected chi connectivity index (χ1v) is 4.78. The normalized spacial score (nSPS) is 17.1. The summed E-state index contributed by atoms with van der Waals surface area (Å²) in [6, 6.07) is 6.45. The summed E-state index contributed by atoms with van der Waals surface area (Å²) in [6.07, 6.45) is 1.80. The van der Waals surface area contributed by atoms with Crippen molar-refractivity contribution in [3.63, 3.8) is 0 Å². The molecule has 3 rings (SSSR count). The van der Waals surface area contributed by atoms with E-state index in [0.29, 0.717) is 6.04 Å². The van der Waals surface area contributed by atoms with Gasteiger partial charge in [0.25, 0.3) is 0 Å². The molecule has 1 saturated heterocycles. The molecule has 2 aromatic rings. The van der Waals surface area contributed by atoms with Crippen molar-refractivity contribution in [2.24, 2.45) is 0 Å².